The van der Waals surface area contributed by atoms with Gasteiger partial charge in [-0.25, -0.2) is 0 Å². The van der Waals surface area contributed by atoms with Gasteiger partial charge in [0.15, 0.2) is 5.78 Å². The summed E-state index contributed by atoms with van der Waals surface area (Å²) in [6, 6.07) is 12.7. The molecule has 0 aliphatic rings. The minimum Gasteiger partial charge on any atom is -0.369 e. The van der Waals surface area contributed by atoms with Crippen molar-refractivity contribution >= 4 is 23.1 Å². The van der Waals surface area contributed by atoms with Gasteiger partial charge in [-0.3, -0.25) is 14.9 Å². The first-order chi connectivity index (χ1) is 10.1. The van der Waals surface area contributed by atoms with Gasteiger partial charge in [0.05, 0.1) is 11.5 Å². The molecule has 2 rings (SSSR count). The molecule has 2 aromatic carbocycles. The highest BCUT2D eigenvalue weighted by atomic mass is 35.5. The normalized spacial score (nSPS) is 10.3. The number of Topliss-reactive ketones (excluding diaryl/α,β-unsaturated/α-hetero) is 1. The third-order valence-electron chi connectivity index (χ3n) is 2.77. The summed E-state index contributed by atoms with van der Waals surface area (Å²) in [6.45, 7) is 0.106. The Hall–Kier alpha value is -2.24. The van der Waals surface area contributed by atoms with Gasteiger partial charge >= 0.3 is 0 Å². The second-order valence-electron chi connectivity index (χ2n) is 4.35. The minimum atomic E-state index is -0.538. The second-order valence-corrected chi connectivity index (χ2v) is 4.79. The Labute approximate surface area is 126 Å². The molecule has 21 heavy (non-hydrogen) atoms. The Morgan fingerprint density at radius 1 is 1.19 bits per heavy atom. The van der Waals surface area contributed by atoms with Crippen LogP contribution in [0.4, 0.5) is 5.69 Å². The number of benzene rings is 2. The molecule has 0 radical (unpaired) electrons. The van der Waals surface area contributed by atoms with Crippen LogP contribution in [0.5, 0.6) is 0 Å². The van der Waals surface area contributed by atoms with Crippen LogP contribution in [-0.4, -0.2) is 17.3 Å². The third kappa shape index (κ3) is 4.37. The van der Waals surface area contributed by atoms with Gasteiger partial charge in [0.1, 0.15) is 6.61 Å². The van der Waals surface area contributed by atoms with Gasteiger partial charge < -0.3 is 4.74 Å². The van der Waals surface area contributed by atoms with E-state index in [9.17, 15) is 14.9 Å². The summed E-state index contributed by atoms with van der Waals surface area (Å²) < 4.78 is 5.31. The van der Waals surface area contributed by atoms with E-state index in [0.29, 0.717) is 5.02 Å². The van der Waals surface area contributed by atoms with Gasteiger partial charge in [0.25, 0.3) is 5.69 Å². The molecular weight excluding hydrogens is 294 g/mol. The Bertz CT molecular complexity index is 672. The van der Waals surface area contributed by atoms with Gasteiger partial charge in [-0.1, -0.05) is 35.9 Å². The van der Waals surface area contributed by atoms with Crippen LogP contribution in [0.3, 0.4) is 0 Å². The summed E-state index contributed by atoms with van der Waals surface area (Å²) in [5, 5.41) is 11.3. The number of carbonyl (C=O) groups excluding carboxylic acids is 1. The van der Waals surface area contributed by atoms with Crippen LogP contribution in [0.15, 0.2) is 48.5 Å². The maximum atomic E-state index is 11.9. The van der Waals surface area contributed by atoms with Crippen molar-refractivity contribution in [3.05, 3.63) is 74.8 Å². The summed E-state index contributed by atoms with van der Waals surface area (Å²) in [5.74, 6) is -0.305. The van der Waals surface area contributed by atoms with Crippen molar-refractivity contribution in [3.63, 3.8) is 0 Å². The molecule has 0 atom stereocenters. The van der Waals surface area contributed by atoms with E-state index in [1.54, 1.807) is 18.2 Å². The van der Waals surface area contributed by atoms with Crippen molar-refractivity contribution in [3.8, 4) is 0 Å². The van der Waals surface area contributed by atoms with E-state index in [1.165, 1.54) is 24.3 Å². The first kappa shape index (κ1) is 15.2. The number of ketones is 1. The van der Waals surface area contributed by atoms with Gasteiger partial charge in [-0.2, -0.15) is 0 Å². The predicted molar refractivity (Wildman–Crippen MR) is 78.5 cm³/mol. The number of nitro groups is 1. The number of carbonyl (C=O) groups is 1. The average Bonchev–Trinajstić information content (AvgIpc) is 2.47. The smallest absolute Gasteiger partial charge is 0.270 e. The zero-order valence-electron chi connectivity index (χ0n) is 11.0. The molecule has 108 valence electrons. The molecule has 0 spiro atoms. The monoisotopic (exact) mass is 305 g/mol. The predicted octanol–water partition coefficient (Wildman–Crippen LogP) is 3.65. The average molecular weight is 306 g/mol. The first-order valence-electron chi connectivity index (χ1n) is 6.16. The molecule has 0 N–H and O–H groups in total. The van der Waals surface area contributed by atoms with E-state index in [0.717, 1.165) is 5.56 Å². The summed E-state index contributed by atoms with van der Waals surface area (Å²) >= 11 is 5.84. The molecule has 0 fully saturated rings. The zero-order chi connectivity index (χ0) is 15.2. The fourth-order valence-corrected chi connectivity index (χ4v) is 1.98. The highest BCUT2D eigenvalue weighted by Gasteiger charge is 2.11. The van der Waals surface area contributed by atoms with Crippen LogP contribution in [0.2, 0.25) is 5.02 Å². The van der Waals surface area contributed by atoms with Crippen LogP contribution in [0.25, 0.3) is 0 Å². The molecule has 0 aromatic heterocycles. The van der Waals surface area contributed by atoms with Crippen LogP contribution < -0.4 is 0 Å². The van der Waals surface area contributed by atoms with E-state index >= 15 is 0 Å². The lowest BCUT2D eigenvalue weighted by molar-refractivity contribution is -0.384. The molecule has 0 heterocycles. The molecule has 0 aliphatic carbocycles. The number of rotatable bonds is 6. The first-order valence-corrected chi connectivity index (χ1v) is 6.54. The van der Waals surface area contributed by atoms with Crippen LogP contribution in [0, 0.1) is 10.1 Å². The van der Waals surface area contributed by atoms with Gasteiger partial charge in [0, 0.05) is 22.7 Å². The molecule has 0 amide bonds. The van der Waals surface area contributed by atoms with Crippen LogP contribution >= 0.6 is 11.6 Å². The molecule has 0 unspecified atom stereocenters. The molecule has 0 saturated carbocycles. The standard InChI is InChI=1S/C15H12ClNO4/c16-13-5-1-3-11(7-13)9-21-10-15(18)12-4-2-6-14(8-12)17(19)20/h1-8H,9-10H2. The quantitative estimate of drug-likeness (QED) is 0.464. The number of nitrogens with zero attached hydrogens (tertiary/aromatic N) is 1. The maximum absolute atomic E-state index is 11.9. The summed E-state index contributed by atoms with van der Waals surface area (Å²) in [4.78, 5) is 22.0. The largest absolute Gasteiger partial charge is 0.369 e. The fourth-order valence-electron chi connectivity index (χ4n) is 1.76. The van der Waals surface area contributed by atoms with Gasteiger partial charge in [-0.05, 0) is 17.7 Å². The van der Waals surface area contributed by atoms with Crippen molar-refractivity contribution < 1.29 is 14.5 Å². The Morgan fingerprint density at radius 3 is 2.67 bits per heavy atom. The summed E-state index contributed by atoms with van der Waals surface area (Å²) in [6.07, 6.45) is 0. The molecule has 2 aromatic rings. The topological polar surface area (TPSA) is 69.4 Å². The molecule has 6 heteroatoms. The Balaban J connectivity index is 1.93. The number of hydrogen-bond donors (Lipinski definition) is 0. The molecule has 0 aliphatic heterocycles. The second kappa shape index (κ2) is 6.97. The molecule has 0 saturated heterocycles. The maximum Gasteiger partial charge on any atom is 0.270 e. The highest BCUT2D eigenvalue weighted by molar-refractivity contribution is 6.30. The summed E-state index contributed by atoms with van der Waals surface area (Å²) in [7, 11) is 0. The van der Waals surface area contributed by atoms with Crippen molar-refractivity contribution in [2.75, 3.05) is 6.61 Å². The minimum absolute atomic E-state index is 0.115. The van der Waals surface area contributed by atoms with E-state index < -0.39 is 4.92 Å². The third-order valence-corrected chi connectivity index (χ3v) is 3.00. The lowest BCUT2D eigenvalue weighted by atomic mass is 10.1. The van der Waals surface area contributed by atoms with Crippen LogP contribution in [0.1, 0.15) is 15.9 Å². The van der Waals surface area contributed by atoms with Crippen molar-refractivity contribution in [2.45, 2.75) is 6.61 Å². The Kier molecular flexibility index (Phi) is 5.03. The van der Waals surface area contributed by atoms with Crippen LogP contribution in [-0.2, 0) is 11.3 Å². The molecule has 0 bridgehead atoms. The number of non-ortho nitro benzene ring substituents is 1. The van der Waals surface area contributed by atoms with Crippen molar-refractivity contribution in [1.82, 2.24) is 0 Å². The van der Waals surface area contributed by atoms with E-state index in [2.05, 4.69) is 0 Å². The number of halogens is 1. The fraction of sp³-hybridized carbons (Fsp3) is 0.133. The Morgan fingerprint density at radius 2 is 1.95 bits per heavy atom. The van der Waals surface area contributed by atoms with Crippen molar-refractivity contribution in [2.24, 2.45) is 0 Å². The van der Waals surface area contributed by atoms with E-state index in [-0.39, 0.29) is 30.2 Å². The lowest BCUT2D eigenvalue weighted by Gasteiger charge is -2.04. The highest BCUT2D eigenvalue weighted by Crippen LogP contribution is 2.14. The SMILES string of the molecule is O=C(COCc1cccc(Cl)c1)c1cccc([N+](=O)[O-])c1. The van der Waals surface area contributed by atoms with Crippen molar-refractivity contribution in [1.29, 1.82) is 0 Å². The molecule has 5 nitrogen and oxygen atoms in total. The van der Waals surface area contributed by atoms with E-state index in [4.69, 9.17) is 16.3 Å². The van der Waals surface area contributed by atoms with E-state index in [1.807, 2.05) is 6.07 Å². The van der Waals surface area contributed by atoms with Gasteiger partial charge in [0.2, 0.25) is 0 Å². The molecular formula is C15H12ClNO4. The van der Waals surface area contributed by atoms with Gasteiger partial charge in [-0.15, -0.1) is 0 Å². The number of nitro benzene ring substituents is 1. The summed E-state index contributed by atoms with van der Waals surface area (Å²) in [5.41, 5.74) is 1.00. The zero-order valence-corrected chi connectivity index (χ0v) is 11.7. The lowest BCUT2D eigenvalue weighted by Crippen LogP contribution is -2.09. The number of hydrogen-bond acceptors (Lipinski definition) is 4. The number of ether oxygens (including phenoxy) is 1.